The molecule has 0 atom stereocenters. The van der Waals surface area contributed by atoms with Crippen LogP contribution in [0.1, 0.15) is 0 Å². The Morgan fingerprint density at radius 2 is 2.00 bits per heavy atom. The molecule has 2 heterocycles. The van der Waals surface area contributed by atoms with E-state index in [0.717, 1.165) is 0 Å². The van der Waals surface area contributed by atoms with Crippen molar-refractivity contribution >= 4 is 15.9 Å². The number of hydrogen-bond donors (Lipinski definition) is 0. The highest BCUT2D eigenvalue weighted by Gasteiger charge is 2.05. The zero-order valence-electron chi connectivity index (χ0n) is 7.11. The molecule has 0 N–H and O–H groups in total. The van der Waals surface area contributed by atoms with Crippen LogP contribution in [0.25, 0.3) is 11.3 Å². The van der Waals surface area contributed by atoms with E-state index in [-0.39, 0.29) is 5.82 Å². The first-order valence-corrected chi connectivity index (χ1v) is 4.79. The molecule has 70 valence electrons. The predicted octanol–water partition coefficient (Wildman–Crippen LogP) is 3.05. The van der Waals surface area contributed by atoms with Gasteiger partial charge in [-0.2, -0.15) is 0 Å². The molecule has 0 aliphatic heterocycles. The van der Waals surface area contributed by atoms with Crippen molar-refractivity contribution in [3.05, 3.63) is 47.1 Å². The minimum absolute atomic E-state index is 0.328. The molecule has 2 rings (SSSR count). The first-order valence-electron chi connectivity index (χ1n) is 4.00. The maximum absolute atomic E-state index is 13.3. The Bertz CT molecular complexity index is 459. The van der Waals surface area contributed by atoms with Crippen molar-refractivity contribution in [3.63, 3.8) is 0 Å². The lowest BCUT2D eigenvalue weighted by atomic mass is 10.2. The zero-order chi connectivity index (χ0) is 9.97. The molecule has 0 amide bonds. The van der Waals surface area contributed by atoms with Gasteiger partial charge in [0.25, 0.3) is 0 Å². The molecule has 0 unspecified atom stereocenters. The lowest BCUT2D eigenvalue weighted by molar-refractivity contribution is 0.625. The summed E-state index contributed by atoms with van der Waals surface area (Å²) >= 11 is 3.22. The smallest absolute Gasteiger partial charge is 0.149 e. The maximum Gasteiger partial charge on any atom is 0.149 e. The van der Waals surface area contributed by atoms with Crippen molar-refractivity contribution in [1.29, 1.82) is 0 Å². The van der Waals surface area contributed by atoms with Crippen molar-refractivity contribution in [2.24, 2.45) is 0 Å². The number of aromatic nitrogens is 2. The summed E-state index contributed by atoms with van der Waals surface area (Å²) < 4.78 is 14.0. The molecule has 4 heteroatoms. The summed E-state index contributed by atoms with van der Waals surface area (Å²) in [4.78, 5) is 7.93. The lowest BCUT2D eigenvalue weighted by Gasteiger charge is -2.01. The highest BCUT2D eigenvalue weighted by molar-refractivity contribution is 9.10. The molecule has 0 spiro atoms. The Hall–Kier alpha value is -1.29. The summed E-state index contributed by atoms with van der Waals surface area (Å²) in [5.74, 6) is -0.328. The van der Waals surface area contributed by atoms with Crippen molar-refractivity contribution in [3.8, 4) is 11.3 Å². The number of hydrogen-bond acceptors (Lipinski definition) is 2. The van der Waals surface area contributed by atoms with E-state index in [9.17, 15) is 4.39 Å². The molecule has 0 aliphatic rings. The Morgan fingerprint density at radius 1 is 1.14 bits per heavy atom. The molecule has 0 bridgehead atoms. The molecular weight excluding hydrogens is 247 g/mol. The fourth-order valence-electron chi connectivity index (χ4n) is 1.15. The van der Waals surface area contributed by atoms with Gasteiger partial charge in [-0.05, 0) is 40.2 Å². The lowest BCUT2D eigenvalue weighted by Crippen LogP contribution is -1.88. The summed E-state index contributed by atoms with van der Waals surface area (Å²) in [5.41, 5.74) is 1.06. The molecule has 14 heavy (non-hydrogen) atoms. The van der Waals surface area contributed by atoms with E-state index in [1.165, 1.54) is 6.07 Å². The minimum Gasteiger partial charge on any atom is -0.253 e. The van der Waals surface area contributed by atoms with Gasteiger partial charge in [0, 0.05) is 18.0 Å². The minimum atomic E-state index is -0.328. The van der Waals surface area contributed by atoms with Gasteiger partial charge in [-0.25, -0.2) is 9.37 Å². The second kappa shape index (κ2) is 3.84. The predicted molar refractivity (Wildman–Crippen MR) is 55.1 cm³/mol. The number of rotatable bonds is 1. The average molecular weight is 253 g/mol. The van der Waals surface area contributed by atoms with E-state index < -0.39 is 0 Å². The summed E-state index contributed by atoms with van der Waals surface area (Å²) in [6, 6.07) is 6.40. The Balaban J connectivity index is 2.55. The van der Waals surface area contributed by atoms with Crippen molar-refractivity contribution in [1.82, 2.24) is 9.97 Å². The van der Waals surface area contributed by atoms with Crippen LogP contribution >= 0.6 is 15.9 Å². The van der Waals surface area contributed by atoms with Gasteiger partial charge >= 0.3 is 0 Å². The van der Waals surface area contributed by atoms with Crippen LogP contribution in [0.3, 0.4) is 0 Å². The number of halogens is 2. The second-order valence-electron chi connectivity index (χ2n) is 2.70. The van der Waals surface area contributed by atoms with Gasteiger partial charge in [0.1, 0.15) is 16.1 Å². The van der Waals surface area contributed by atoms with Gasteiger partial charge in [0.2, 0.25) is 0 Å². The molecule has 0 fully saturated rings. The van der Waals surface area contributed by atoms with Crippen molar-refractivity contribution in [2.45, 2.75) is 0 Å². The van der Waals surface area contributed by atoms with Gasteiger partial charge in [-0.15, -0.1) is 0 Å². The van der Waals surface area contributed by atoms with Crippen molar-refractivity contribution in [2.75, 3.05) is 0 Å². The molecule has 0 saturated heterocycles. The van der Waals surface area contributed by atoms with E-state index >= 15 is 0 Å². The van der Waals surface area contributed by atoms with E-state index in [4.69, 9.17) is 0 Å². The van der Waals surface area contributed by atoms with Crippen LogP contribution in [-0.4, -0.2) is 9.97 Å². The van der Waals surface area contributed by atoms with E-state index in [2.05, 4.69) is 25.9 Å². The highest BCUT2D eigenvalue weighted by Crippen LogP contribution is 2.21. The first kappa shape index (κ1) is 9.27. The fraction of sp³-hybridized carbons (Fsp3) is 0. The monoisotopic (exact) mass is 252 g/mol. The highest BCUT2D eigenvalue weighted by atomic mass is 79.9. The maximum atomic E-state index is 13.3. The number of pyridine rings is 2. The van der Waals surface area contributed by atoms with Gasteiger partial charge < -0.3 is 0 Å². The average Bonchev–Trinajstić information content (AvgIpc) is 2.18. The molecule has 2 aromatic heterocycles. The summed E-state index contributed by atoms with van der Waals surface area (Å²) in [5, 5.41) is 0. The van der Waals surface area contributed by atoms with Gasteiger partial charge in [0.05, 0.1) is 0 Å². The topological polar surface area (TPSA) is 25.8 Å². The molecule has 2 aromatic rings. The van der Waals surface area contributed by atoms with E-state index in [1.807, 2.05) is 0 Å². The third-order valence-electron chi connectivity index (χ3n) is 1.76. The van der Waals surface area contributed by atoms with Gasteiger partial charge in [0.15, 0.2) is 0 Å². The Morgan fingerprint density at radius 3 is 2.71 bits per heavy atom. The van der Waals surface area contributed by atoms with Gasteiger partial charge in [-0.3, -0.25) is 4.98 Å². The van der Waals surface area contributed by atoms with Crippen LogP contribution in [0.15, 0.2) is 41.3 Å². The molecule has 0 saturated carbocycles. The fourth-order valence-corrected chi connectivity index (χ4v) is 1.51. The van der Waals surface area contributed by atoms with Gasteiger partial charge in [-0.1, -0.05) is 0 Å². The zero-order valence-corrected chi connectivity index (χ0v) is 8.70. The molecular formula is C10H6BrFN2. The SMILES string of the molecule is Fc1cccnc1-c1ccnc(Br)c1. The van der Waals surface area contributed by atoms with Crippen molar-refractivity contribution < 1.29 is 4.39 Å². The molecule has 0 aromatic carbocycles. The largest absolute Gasteiger partial charge is 0.253 e. The van der Waals surface area contributed by atoms with Crippen LogP contribution in [0.2, 0.25) is 0 Å². The third-order valence-corrected chi connectivity index (χ3v) is 2.19. The quantitative estimate of drug-likeness (QED) is 0.730. The van der Waals surface area contributed by atoms with Crippen LogP contribution in [-0.2, 0) is 0 Å². The summed E-state index contributed by atoms with van der Waals surface area (Å²) in [6.07, 6.45) is 3.17. The van der Waals surface area contributed by atoms with E-state index in [1.54, 1.807) is 30.6 Å². The Kier molecular flexibility index (Phi) is 2.54. The second-order valence-corrected chi connectivity index (χ2v) is 3.51. The molecule has 0 radical (unpaired) electrons. The summed E-state index contributed by atoms with van der Waals surface area (Å²) in [7, 11) is 0. The first-order chi connectivity index (χ1) is 6.77. The van der Waals surface area contributed by atoms with Crippen LogP contribution in [0.5, 0.6) is 0 Å². The molecule has 2 nitrogen and oxygen atoms in total. The normalized spacial score (nSPS) is 10.1. The standard InChI is InChI=1S/C10H6BrFN2/c11-9-6-7(3-5-13-9)10-8(12)2-1-4-14-10/h1-6H. The van der Waals surface area contributed by atoms with Crippen LogP contribution in [0.4, 0.5) is 4.39 Å². The Labute approximate surface area is 89.0 Å². The third kappa shape index (κ3) is 1.80. The van der Waals surface area contributed by atoms with E-state index in [0.29, 0.717) is 15.9 Å². The van der Waals surface area contributed by atoms with Crippen LogP contribution < -0.4 is 0 Å². The number of nitrogens with zero attached hydrogens (tertiary/aromatic N) is 2. The molecule has 0 aliphatic carbocycles. The van der Waals surface area contributed by atoms with Crippen LogP contribution in [0, 0.1) is 5.82 Å². The summed E-state index contributed by atoms with van der Waals surface area (Å²) in [6.45, 7) is 0.